The Morgan fingerprint density at radius 2 is 1.69 bits per heavy atom. The number of carbonyl (C=O) groups excluding carboxylic acids is 4. The number of fused-ring (bicyclic) bond motifs is 1. The molecule has 1 saturated heterocycles. The molecule has 7 heteroatoms. The number of imide groups is 1. The van der Waals surface area contributed by atoms with Gasteiger partial charge in [0, 0.05) is 26.1 Å². The van der Waals surface area contributed by atoms with Gasteiger partial charge in [0.2, 0.25) is 23.6 Å². The number of amides is 4. The lowest BCUT2D eigenvalue weighted by Gasteiger charge is -2.31. The molecule has 0 radical (unpaired) electrons. The minimum Gasteiger partial charge on any atom is -0.355 e. The molecule has 1 aromatic rings. The van der Waals surface area contributed by atoms with Crippen molar-refractivity contribution in [3.05, 3.63) is 48.0 Å². The van der Waals surface area contributed by atoms with E-state index in [0.29, 0.717) is 38.8 Å². The second-order valence-electron chi connectivity index (χ2n) is 8.38. The van der Waals surface area contributed by atoms with Crippen molar-refractivity contribution in [1.82, 2.24) is 15.1 Å². The van der Waals surface area contributed by atoms with Gasteiger partial charge < -0.3 is 10.2 Å². The summed E-state index contributed by atoms with van der Waals surface area (Å²) >= 11 is 0. The third-order valence-electron chi connectivity index (χ3n) is 6.37. The molecule has 172 valence electrons. The molecule has 0 aromatic heterocycles. The van der Waals surface area contributed by atoms with E-state index in [0.717, 1.165) is 5.56 Å². The van der Waals surface area contributed by atoms with Crippen molar-refractivity contribution in [2.24, 2.45) is 11.8 Å². The molecular formula is C25H33N3O4. The van der Waals surface area contributed by atoms with E-state index in [4.69, 9.17) is 0 Å². The third kappa shape index (κ3) is 5.26. The Labute approximate surface area is 189 Å². The monoisotopic (exact) mass is 439 g/mol. The van der Waals surface area contributed by atoms with Crippen molar-refractivity contribution in [2.45, 2.75) is 52.0 Å². The van der Waals surface area contributed by atoms with Crippen LogP contribution in [0.15, 0.2) is 42.5 Å². The van der Waals surface area contributed by atoms with Crippen LogP contribution in [0.4, 0.5) is 0 Å². The number of nitrogens with zero attached hydrogens (tertiary/aromatic N) is 2. The highest BCUT2D eigenvalue weighted by Crippen LogP contribution is 2.35. The van der Waals surface area contributed by atoms with Crippen molar-refractivity contribution in [3.8, 4) is 0 Å². The highest BCUT2D eigenvalue weighted by molar-refractivity contribution is 6.05. The molecular weight excluding hydrogens is 406 g/mol. The number of benzene rings is 1. The second kappa shape index (κ2) is 11.1. The molecule has 3 atom stereocenters. The molecule has 1 N–H and O–H groups in total. The van der Waals surface area contributed by atoms with Gasteiger partial charge >= 0.3 is 0 Å². The van der Waals surface area contributed by atoms with Gasteiger partial charge in [0.15, 0.2) is 0 Å². The van der Waals surface area contributed by atoms with E-state index in [-0.39, 0.29) is 48.4 Å². The fraction of sp³-hybridized carbons (Fsp3) is 0.520. The SMILES string of the molecule is CCNC(=O)C(CC)N(CCc1ccccc1)C(=O)CCN1C(=O)[C@H]2CC=CC[C@H]2C1=O. The minimum atomic E-state index is -0.581. The molecule has 1 aliphatic heterocycles. The minimum absolute atomic E-state index is 0.0229. The van der Waals surface area contributed by atoms with Gasteiger partial charge in [-0.1, -0.05) is 49.4 Å². The summed E-state index contributed by atoms with van der Waals surface area (Å²) in [5.41, 5.74) is 1.08. The van der Waals surface area contributed by atoms with Gasteiger partial charge in [0.1, 0.15) is 6.04 Å². The summed E-state index contributed by atoms with van der Waals surface area (Å²) < 4.78 is 0. The van der Waals surface area contributed by atoms with Crippen LogP contribution in [0, 0.1) is 11.8 Å². The number of rotatable bonds is 10. The molecule has 1 heterocycles. The van der Waals surface area contributed by atoms with E-state index in [1.165, 1.54) is 4.90 Å². The zero-order valence-electron chi connectivity index (χ0n) is 19.0. The molecule has 7 nitrogen and oxygen atoms in total. The maximum absolute atomic E-state index is 13.2. The van der Waals surface area contributed by atoms with Crippen LogP contribution in [0.25, 0.3) is 0 Å². The van der Waals surface area contributed by atoms with Crippen molar-refractivity contribution in [3.63, 3.8) is 0 Å². The first-order valence-electron chi connectivity index (χ1n) is 11.6. The smallest absolute Gasteiger partial charge is 0.242 e. The van der Waals surface area contributed by atoms with Crippen LogP contribution in [0.2, 0.25) is 0 Å². The Hall–Kier alpha value is -2.96. The average molecular weight is 440 g/mol. The quantitative estimate of drug-likeness (QED) is 0.448. The van der Waals surface area contributed by atoms with Gasteiger partial charge in [-0.25, -0.2) is 0 Å². The van der Waals surface area contributed by atoms with Crippen LogP contribution >= 0.6 is 0 Å². The predicted molar refractivity (Wildman–Crippen MR) is 121 cm³/mol. The van der Waals surface area contributed by atoms with Gasteiger partial charge in [0.05, 0.1) is 11.8 Å². The van der Waals surface area contributed by atoms with E-state index in [1.54, 1.807) is 4.90 Å². The summed E-state index contributed by atoms with van der Waals surface area (Å²) in [7, 11) is 0. The predicted octanol–water partition coefficient (Wildman–Crippen LogP) is 2.31. The van der Waals surface area contributed by atoms with Gasteiger partial charge in [-0.05, 0) is 38.2 Å². The highest BCUT2D eigenvalue weighted by Gasteiger charge is 2.47. The zero-order valence-corrected chi connectivity index (χ0v) is 19.0. The Kier molecular flexibility index (Phi) is 8.20. The molecule has 0 spiro atoms. The summed E-state index contributed by atoms with van der Waals surface area (Å²) in [6, 6.07) is 9.24. The molecule has 1 fully saturated rings. The topological polar surface area (TPSA) is 86.8 Å². The van der Waals surface area contributed by atoms with Crippen molar-refractivity contribution >= 4 is 23.6 Å². The van der Waals surface area contributed by atoms with E-state index in [2.05, 4.69) is 5.32 Å². The summed E-state index contributed by atoms with van der Waals surface area (Å²) in [4.78, 5) is 54.2. The molecule has 0 saturated carbocycles. The van der Waals surface area contributed by atoms with E-state index < -0.39 is 6.04 Å². The number of likely N-dealkylation sites (N-methyl/N-ethyl adjacent to an activating group) is 1. The Morgan fingerprint density at radius 3 is 2.25 bits per heavy atom. The van der Waals surface area contributed by atoms with E-state index >= 15 is 0 Å². The average Bonchev–Trinajstić information content (AvgIpc) is 3.05. The summed E-state index contributed by atoms with van der Waals surface area (Å²) in [6.07, 6.45) is 6.20. The fourth-order valence-electron chi connectivity index (χ4n) is 4.63. The van der Waals surface area contributed by atoms with Crippen LogP contribution in [0.1, 0.15) is 45.1 Å². The molecule has 3 rings (SSSR count). The largest absolute Gasteiger partial charge is 0.355 e. The van der Waals surface area contributed by atoms with Crippen molar-refractivity contribution < 1.29 is 19.2 Å². The first-order valence-corrected chi connectivity index (χ1v) is 11.6. The van der Waals surface area contributed by atoms with Crippen LogP contribution in [-0.4, -0.2) is 59.1 Å². The highest BCUT2D eigenvalue weighted by atomic mass is 16.2. The normalized spacial score (nSPS) is 20.8. The van der Waals surface area contributed by atoms with Gasteiger partial charge in [0.25, 0.3) is 0 Å². The molecule has 1 aliphatic carbocycles. The second-order valence-corrected chi connectivity index (χ2v) is 8.38. The lowest BCUT2D eigenvalue weighted by Crippen LogP contribution is -2.50. The first-order chi connectivity index (χ1) is 15.5. The number of hydrogen-bond acceptors (Lipinski definition) is 4. The zero-order chi connectivity index (χ0) is 23.1. The molecule has 2 aliphatic rings. The Balaban J connectivity index is 1.69. The van der Waals surface area contributed by atoms with Crippen LogP contribution in [-0.2, 0) is 25.6 Å². The maximum Gasteiger partial charge on any atom is 0.242 e. The fourth-order valence-corrected chi connectivity index (χ4v) is 4.63. The van der Waals surface area contributed by atoms with Crippen LogP contribution in [0.3, 0.4) is 0 Å². The number of carbonyl (C=O) groups is 4. The number of hydrogen-bond donors (Lipinski definition) is 1. The summed E-state index contributed by atoms with van der Waals surface area (Å²) in [5, 5.41) is 2.82. The molecule has 1 unspecified atom stereocenters. The molecule has 1 aromatic carbocycles. The van der Waals surface area contributed by atoms with Crippen LogP contribution in [0.5, 0.6) is 0 Å². The lowest BCUT2D eigenvalue weighted by molar-refractivity contribution is -0.143. The number of allylic oxidation sites excluding steroid dienone is 2. The Bertz CT molecular complexity index is 841. The summed E-state index contributed by atoms with van der Waals surface area (Å²) in [6.45, 7) is 4.68. The standard InChI is InChI=1S/C25H33N3O4/c1-3-21(23(30)26-4-2)27(16-14-18-10-6-5-7-11-18)22(29)15-17-28-24(31)19-12-8-9-13-20(19)25(28)32/h5-11,19-21H,3-4,12-17H2,1-2H3,(H,26,30)/t19-,20+,21?. The number of likely N-dealkylation sites (tertiary alicyclic amines) is 1. The van der Waals surface area contributed by atoms with Gasteiger partial charge in [-0.2, -0.15) is 0 Å². The molecule has 0 bridgehead atoms. The first kappa shape index (κ1) is 23.7. The maximum atomic E-state index is 13.2. The summed E-state index contributed by atoms with van der Waals surface area (Å²) in [5.74, 6) is -1.34. The van der Waals surface area contributed by atoms with E-state index in [9.17, 15) is 19.2 Å². The van der Waals surface area contributed by atoms with E-state index in [1.807, 2.05) is 56.3 Å². The van der Waals surface area contributed by atoms with Gasteiger partial charge in [-0.15, -0.1) is 0 Å². The molecule has 32 heavy (non-hydrogen) atoms. The molecule has 4 amide bonds. The third-order valence-corrected chi connectivity index (χ3v) is 6.37. The lowest BCUT2D eigenvalue weighted by atomic mass is 9.85. The van der Waals surface area contributed by atoms with Crippen molar-refractivity contribution in [2.75, 3.05) is 19.6 Å². The van der Waals surface area contributed by atoms with Crippen LogP contribution < -0.4 is 5.32 Å². The van der Waals surface area contributed by atoms with Crippen molar-refractivity contribution in [1.29, 1.82) is 0 Å². The number of nitrogens with one attached hydrogen (secondary N) is 1. The Morgan fingerprint density at radius 1 is 1.06 bits per heavy atom. The van der Waals surface area contributed by atoms with Gasteiger partial charge in [-0.3, -0.25) is 24.1 Å².